The first kappa shape index (κ1) is 12.9. The molecule has 2 unspecified atom stereocenters. The summed E-state index contributed by atoms with van der Waals surface area (Å²) in [5.74, 6) is 3.08. The SMILES string of the molecule is CCNCc1ncoc1C12CC3CC(CC(C)(C3)C1)C2. The van der Waals surface area contributed by atoms with Crippen molar-refractivity contribution in [3.63, 3.8) is 0 Å². The Morgan fingerprint density at radius 3 is 2.70 bits per heavy atom. The summed E-state index contributed by atoms with van der Waals surface area (Å²) in [6, 6.07) is 0. The quantitative estimate of drug-likeness (QED) is 0.911. The summed E-state index contributed by atoms with van der Waals surface area (Å²) in [6.45, 7) is 6.50. The monoisotopic (exact) mass is 274 g/mol. The van der Waals surface area contributed by atoms with E-state index in [0.717, 1.165) is 30.6 Å². The van der Waals surface area contributed by atoms with Crippen molar-refractivity contribution in [2.45, 2.75) is 64.3 Å². The molecule has 2 atom stereocenters. The van der Waals surface area contributed by atoms with Crippen LogP contribution in [0.1, 0.15) is 63.8 Å². The largest absolute Gasteiger partial charge is 0.448 e. The first-order valence-corrected chi connectivity index (χ1v) is 8.26. The molecule has 0 saturated heterocycles. The van der Waals surface area contributed by atoms with Crippen molar-refractivity contribution in [1.29, 1.82) is 0 Å². The molecule has 4 fully saturated rings. The molecule has 0 radical (unpaired) electrons. The molecule has 4 aliphatic carbocycles. The van der Waals surface area contributed by atoms with Crippen molar-refractivity contribution in [2.24, 2.45) is 17.3 Å². The standard InChI is InChI=1S/C17H26N2O/c1-3-18-9-14-15(20-11-19-14)17-7-12-4-13(8-17)6-16(2,5-12)10-17/h11-13,18H,3-10H2,1-2H3. The molecule has 0 aliphatic heterocycles. The maximum Gasteiger partial charge on any atom is 0.181 e. The molecule has 0 spiro atoms. The number of nitrogens with one attached hydrogen (secondary N) is 1. The number of rotatable bonds is 4. The number of aromatic nitrogens is 1. The lowest BCUT2D eigenvalue weighted by Gasteiger charge is -2.60. The second kappa shape index (κ2) is 4.33. The van der Waals surface area contributed by atoms with Crippen LogP contribution in [0.4, 0.5) is 0 Å². The van der Waals surface area contributed by atoms with Gasteiger partial charge in [0.05, 0.1) is 5.69 Å². The lowest BCUT2D eigenvalue weighted by atomic mass is 9.44. The van der Waals surface area contributed by atoms with Gasteiger partial charge in [-0.05, 0) is 62.3 Å². The van der Waals surface area contributed by atoms with Crippen LogP contribution >= 0.6 is 0 Å². The minimum absolute atomic E-state index is 0.306. The second-order valence-corrected chi connectivity index (χ2v) is 7.96. The molecular formula is C17H26N2O. The van der Waals surface area contributed by atoms with Gasteiger partial charge in [0.2, 0.25) is 0 Å². The molecule has 4 bridgehead atoms. The van der Waals surface area contributed by atoms with Crippen LogP contribution in [0.15, 0.2) is 10.8 Å². The molecule has 3 heteroatoms. The van der Waals surface area contributed by atoms with Gasteiger partial charge in [-0.1, -0.05) is 13.8 Å². The van der Waals surface area contributed by atoms with Crippen LogP contribution in [-0.2, 0) is 12.0 Å². The Bertz CT molecular complexity index is 493. The Morgan fingerprint density at radius 2 is 2.05 bits per heavy atom. The van der Waals surface area contributed by atoms with Crippen molar-refractivity contribution in [3.05, 3.63) is 17.8 Å². The van der Waals surface area contributed by atoms with E-state index in [0.29, 0.717) is 10.8 Å². The number of hydrogen-bond donors (Lipinski definition) is 1. The minimum Gasteiger partial charge on any atom is -0.448 e. The third-order valence-electron chi connectivity index (χ3n) is 6.02. The fraction of sp³-hybridized carbons (Fsp3) is 0.824. The van der Waals surface area contributed by atoms with Gasteiger partial charge in [0, 0.05) is 12.0 Å². The van der Waals surface area contributed by atoms with Crippen LogP contribution in [0.3, 0.4) is 0 Å². The number of oxazole rings is 1. The first-order valence-electron chi connectivity index (χ1n) is 8.26. The maximum absolute atomic E-state index is 5.94. The zero-order valence-electron chi connectivity index (χ0n) is 12.7. The summed E-state index contributed by atoms with van der Waals surface area (Å²) in [7, 11) is 0. The fourth-order valence-corrected chi connectivity index (χ4v) is 6.06. The smallest absolute Gasteiger partial charge is 0.181 e. The van der Waals surface area contributed by atoms with E-state index in [2.05, 4.69) is 24.1 Å². The average Bonchev–Trinajstić information content (AvgIpc) is 2.82. The predicted octanol–water partition coefficient (Wildman–Crippen LogP) is 3.64. The fourth-order valence-electron chi connectivity index (χ4n) is 6.06. The molecule has 3 nitrogen and oxygen atoms in total. The van der Waals surface area contributed by atoms with E-state index in [1.165, 1.54) is 44.3 Å². The van der Waals surface area contributed by atoms with E-state index in [1.807, 2.05) is 0 Å². The summed E-state index contributed by atoms with van der Waals surface area (Å²) < 4.78 is 5.94. The highest BCUT2D eigenvalue weighted by Gasteiger charge is 2.58. The van der Waals surface area contributed by atoms with E-state index in [-0.39, 0.29) is 0 Å². The molecule has 1 aromatic rings. The van der Waals surface area contributed by atoms with E-state index in [4.69, 9.17) is 4.42 Å². The molecular weight excluding hydrogens is 248 g/mol. The predicted molar refractivity (Wildman–Crippen MR) is 78.4 cm³/mol. The summed E-state index contributed by atoms with van der Waals surface area (Å²) in [6.07, 6.45) is 10.0. The molecule has 0 amide bonds. The summed E-state index contributed by atoms with van der Waals surface area (Å²) in [5, 5.41) is 3.41. The van der Waals surface area contributed by atoms with Crippen molar-refractivity contribution in [1.82, 2.24) is 10.3 Å². The van der Waals surface area contributed by atoms with E-state index in [1.54, 1.807) is 6.39 Å². The highest BCUT2D eigenvalue weighted by Crippen LogP contribution is 2.65. The molecule has 1 aromatic heterocycles. The molecule has 4 saturated carbocycles. The van der Waals surface area contributed by atoms with Gasteiger partial charge in [-0.25, -0.2) is 4.98 Å². The van der Waals surface area contributed by atoms with Crippen LogP contribution < -0.4 is 5.32 Å². The molecule has 0 aromatic carbocycles. The molecule has 4 aliphatic rings. The Balaban J connectivity index is 1.69. The van der Waals surface area contributed by atoms with Crippen molar-refractivity contribution < 1.29 is 4.42 Å². The van der Waals surface area contributed by atoms with Crippen LogP contribution in [0.2, 0.25) is 0 Å². The Hall–Kier alpha value is -0.830. The summed E-state index contributed by atoms with van der Waals surface area (Å²) >= 11 is 0. The van der Waals surface area contributed by atoms with Crippen LogP contribution in [0.25, 0.3) is 0 Å². The normalized spacial score (nSPS) is 42.3. The third-order valence-corrected chi connectivity index (χ3v) is 6.02. The lowest BCUT2D eigenvalue weighted by molar-refractivity contribution is -0.0693. The second-order valence-electron chi connectivity index (χ2n) is 7.96. The Labute approximate surface area is 121 Å². The Kier molecular flexibility index (Phi) is 2.79. The highest BCUT2D eigenvalue weighted by molar-refractivity contribution is 5.26. The van der Waals surface area contributed by atoms with Crippen molar-refractivity contribution >= 4 is 0 Å². The van der Waals surface area contributed by atoms with Gasteiger partial charge in [-0.2, -0.15) is 0 Å². The number of hydrogen-bond acceptors (Lipinski definition) is 3. The van der Waals surface area contributed by atoms with E-state index >= 15 is 0 Å². The molecule has 110 valence electrons. The van der Waals surface area contributed by atoms with Crippen LogP contribution in [0, 0.1) is 17.3 Å². The van der Waals surface area contributed by atoms with E-state index < -0.39 is 0 Å². The van der Waals surface area contributed by atoms with Gasteiger partial charge in [0.15, 0.2) is 6.39 Å². The molecule has 20 heavy (non-hydrogen) atoms. The Morgan fingerprint density at radius 1 is 1.30 bits per heavy atom. The van der Waals surface area contributed by atoms with Gasteiger partial charge in [-0.15, -0.1) is 0 Å². The third kappa shape index (κ3) is 1.86. The maximum atomic E-state index is 5.94. The van der Waals surface area contributed by atoms with Crippen molar-refractivity contribution in [2.75, 3.05) is 6.54 Å². The molecule has 1 N–H and O–H groups in total. The molecule has 1 heterocycles. The zero-order valence-corrected chi connectivity index (χ0v) is 12.7. The molecule has 5 rings (SSSR count). The van der Waals surface area contributed by atoms with Gasteiger partial charge in [0.1, 0.15) is 5.76 Å². The summed E-state index contributed by atoms with van der Waals surface area (Å²) in [5.41, 5.74) is 2.03. The number of nitrogens with zero attached hydrogens (tertiary/aromatic N) is 1. The first-order chi connectivity index (χ1) is 9.62. The highest BCUT2D eigenvalue weighted by atomic mass is 16.3. The van der Waals surface area contributed by atoms with Gasteiger partial charge in [0.25, 0.3) is 0 Å². The lowest BCUT2D eigenvalue weighted by Crippen LogP contribution is -2.53. The van der Waals surface area contributed by atoms with Gasteiger partial charge in [-0.3, -0.25) is 0 Å². The average molecular weight is 274 g/mol. The summed E-state index contributed by atoms with van der Waals surface area (Å²) in [4.78, 5) is 4.50. The van der Waals surface area contributed by atoms with E-state index in [9.17, 15) is 0 Å². The topological polar surface area (TPSA) is 38.1 Å². The van der Waals surface area contributed by atoms with Crippen LogP contribution in [-0.4, -0.2) is 11.5 Å². The van der Waals surface area contributed by atoms with Crippen molar-refractivity contribution in [3.8, 4) is 0 Å². The van der Waals surface area contributed by atoms with Crippen LogP contribution in [0.5, 0.6) is 0 Å². The van der Waals surface area contributed by atoms with Gasteiger partial charge >= 0.3 is 0 Å². The zero-order chi connectivity index (χ0) is 13.8. The van der Waals surface area contributed by atoms with Gasteiger partial charge < -0.3 is 9.73 Å². The minimum atomic E-state index is 0.306.